The number of rotatable bonds is 6. The molecule has 3 rings (SSSR count). The zero-order chi connectivity index (χ0) is 19.8. The number of amides is 1. The Morgan fingerprint density at radius 3 is 2.43 bits per heavy atom. The Morgan fingerprint density at radius 2 is 1.79 bits per heavy atom. The predicted octanol–water partition coefficient (Wildman–Crippen LogP) is 3.05. The van der Waals surface area contributed by atoms with Crippen molar-refractivity contribution in [3.63, 3.8) is 0 Å². The molecule has 2 aliphatic heterocycles. The number of carbonyl (C=O) groups excluding carboxylic acids is 1. The van der Waals surface area contributed by atoms with E-state index in [1.807, 2.05) is 35.2 Å². The van der Waals surface area contributed by atoms with Gasteiger partial charge in [0.15, 0.2) is 0 Å². The summed E-state index contributed by atoms with van der Waals surface area (Å²) in [5.41, 5.74) is 1.83. The Balaban J connectivity index is 1.59. The van der Waals surface area contributed by atoms with Gasteiger partial charge in [0.25, 0.3) is 5.91 Å². The zero-order valence-electron chi connectivity index (χ0n) is 16.8. The minimum atomic E-state index is -0.0162. The van der Waals surface area contributed by atoms with E-state index in [1.54, 1.807) is 6.08 Å². The average molecular weight is 382 g/mol. The Morgan fingerprint density at radius 1 is 1.14 bits per heavy atom. The first-order valence-corrected chi connectivity index (χ1v) is 10.1. The summed E-state index contributed by atoms with van der Waals surface area (Å²) >= 11 is 0. The summed E-state index contributed by atoms with van der Waals surface area (Å²) in [6.07, 6.45) is 7.85. The topological polar surface area (TPSA) is 60.3 Å². The van der Waals surface area contributed by atoms with Crippen molar-refractivity contribution >= 4 is 24.0 Å². The minimum absolute atomic E-state index is 0.0162. The molecule has 2 saturated heterocycles. The third kappa shape index (κ3) is 5.29. The Bertz CT molecular complexity index is 710. The van der Waals surface area contributed by atoms with Crippen LogP contribution in [-0.2, 0) is 4.79 Å². The molecular weight excluding hydrogens is 350 g/mol. The molecule has 6 nitrogen and oxygen atoms in total. The highest BCUT2D eigenvalue weighted by Gasteiger charge is 2.38. The third-order valence-corrected chi connectivity index (χ3v) is 6.02. The van der Waals surface area contributed by atoms with Crippen LogP contribution in [0.25, 0.3) is 0 Å². The van der Waals surface area contributed by atoms with E-state index < -0.39 is 0 Å². The van der Waals surface area contributed by atoms with E-state index in [0.717, 1.165) is 31.6 Å². The van der Waals surface area contributed by atoms with E-state index in [2.05, 4.69) is 34.0 Å². The highest BCUT2D eigenvalue weighted by atomic mass is 16.2. The van der Waals surface area contributed by atoms with Gasteiger partial charge in [-0.05, 0) is 76.2 Å². The van der Waals surface area contributed by atoms with E-state index >= 15 is 0 Å². The fraction of sp³-hybridized carbons (Fsp3) is 0.500. The lowest BCUT2D eigenvalue weighted by atomic mass is 9.71. The maximum atomic E-state index is 13.0. The predicted molar refractivity (Wildman–Crippen MR) is 116 cm³/mol. The molecule has 2 heterocycles. The second-order valence-corrected chi connectivity index (χ2v) is 7.84. The number of piperidine rings is 2. The Hall–Kier alpha value is -2.47. The van der Waals surface area contributed by atoms with E-state index in [9.17, 15) is 4.79 Å². The molecule has 28 heavy (non-hydrogen) atoms. The van der Waals surface area contributed by atoms with Crippen LogP contribution in [0.15, 0.2) is 52.6 Å². The average Bonchev–Trinajstić information content (AvgIpc) is 2.74. The van der Waals surface area contributed by atoms with Gasteiger partial charge in [-0.15, -0.1) is 0 Å². The molecule has 150 valence electrons. The van der Waals surface area contributed by atoms with Gasteiger partial charge < -0.3 is 15.1 Å². The number of para-hydroxylation sites is 1. The highest BCUT2D eigenvalue weighted by molar-refractivity contribution is 6.43. The summed E-state index contributed by atoms with van der Waals surface area (Å²) in [4.78, 5) is 25.6. The SMILES string of the molecule is C=N/C=C\C(=N/CNc1ccccc1)C(=O)N1CCC2(CCN(C)CC2)CC1. The normalized spacial score (nSPS) is 20.5. The van der Waals surface area contributed by atoms with Crippen LogP contribution in [0.4, 0.5) is 5.69 Å². The van der Waals surface area contributed by atoms with E-state index in [4.69, 9.17) is 0 Å². The summed E-state index contributed by atoms with van der Waals surface area (Å²) in [7, 11) is 2.19. The Labute approximate surface area is 168 Å². The molecule has 0 atom stereocenters. The van der Waals surface area contributed by atoms with Gasteiger partial charge in [0.2, 0.25) is 0 Å². The minimum Gasteiger partial charge on any atom is -0.366 e. The number of nitrogens with one attached hydrogen (secondary N) is 1. The standard InChI is InChI=1S/C22H31N5O/c1-23-13-8-20(25-18-24-19-6-4-3-5-7-19)21(28)27-16-11-22(12-17-27)9-14-26(2)15-10-22/h3-8,13,24H,1,9-12,14-18H2,2H3/b13-8-,25-20+. The second kappa shape index (κ2) is 9.64. The van der Waals surface area contributed by atoms with Gasteiger partial charge in [-0.1, -0.05) is 18.2 Å². The number of likely N-dealkylation sites (tertiary alicyclic amines) is 2. The van der Waals surface area contributed by atoms with Crippen LogP contribution in [0.2, 0.25) is 0 Å². The lowest BCUT2D eigenvalue weighted by Gasteiger charge is -2.46. The van der Waals surface area contributed by atoms with Gasteiger partial charge in [0.05, 0.1) is 0 Å². The largest absolute Gasteiger partial charge is 0.366 e. The fourth-order valence-electron chi connectivity index (χ4n) is 4.03. The highest BCUT2D eigenvalue weighted by Crippen LogP contribution is 2.40. The van der Waals surface area contributed by atoms with Crippen molar-refractivity contribution in [2.75, 3.05) is 45.2 Å². The van der Waals surface area contributed by atoms with Crippen LogP contribution in [0.1, 0.15) is 25.7 Å². The number of carbonyl (C=O) groups is 1. The van der Waals surface area contributed by atoms with Crippen LogP contribution >= 0.6 is 0 Å². The quantitative estimate of drug-likeness (QED) is 0.771. The number of hydrogen-bond donors (Lipinski definition) is 1. The summed E-state index contributed by atoms with van der Waals surface area (Å²) in [6, 6.07) is 9.85. The van der Waals surface area contributed by atoms with E-state index in [1.165, 1.54) is 32.1 Å². The van der Waals surface area contributed by atoms with Crippen LogP contribution in [0.5, 0.6) is 0 Å². The van der Waals surface area contributed by atoms with Gasteiger partial charge in [-0.2, -0.15) is 0 Å². The fourth-order valence-corrected chi connectivity index (χ4v) is 4.03. The molecule has 0 aromatic heterocycles. The summed E-state index contributed by atoms with van der Waals surface area (Å²) in [6.45, 7) is 7.75. The van der Waals surface area contributed by atoms with Gasteiger partial charge in [0.1, 0.15) is 12.4 Å². The maximum Gasteiger partial charge on any atom is 0.272 e. The van der Waals surface area contributed by atoms with Gasteiger partial charge in [0, 0.05) is 25.0 Å². The number of anilines is 1. The maximum absolute atomic E-state index is 13.0. The number of hydrogen-bond acceptors (Lipinski definition) is 5. The molecule has 1 amide bonds. The smallest absolute Gasteiger partial charge is 0.272 e. The van der Waals surface area contributed by atoms with Crippen LogP contribution in [0.3, 0.4) is 0 Å². The van der Waals surface area contributed by atoms with Crippen molar-refractivity contribution < 1.29 is 4.79 Å². The third-order valence-electron chi connectivity index (χ3n) is 6.02. The summed E-state index contributed by atoms with van der Waals surface area (Å²) in [5.74, 6) is -0.0162. The van der Waals surface area contributed by atoms with Crippen molar-refractivity contribution in [1.82, 2.24) is 9.80 Å². The molecule has 0 bridgehead atoms. The van der Waals surface area contributed by atoms with Crippen molar-refractivity contribution in [1.29, 1.82) is 0 Å². The van der Waals surface area contributed by atoms with E-state index in [0.29, 0.717) is 17.8 Å². The summed E-state index contributed by atoms with van der Waals surface area (Å²) in [5, 5.41) is 3.22. The first-order valence-electron chi connectivity index (χ1n) is 10.1. The molecule has 1 aromatic rings. The van der Waals surface area contributed by atoms with Crippen molar-refractivity contribution in [3.05, 3.63) is 42.6 Å². The number of aliphatic imine (C=N–C) groups is 2. The first kappa shape index (κ1) is 20.3. The molecule has 0 saturated carbocycles. The number of nitrogens with zero attached hydrogens (tertiary/aromatic N) is 4. The van der Waals surface area contributed by atoms with Crippen LogP contribution < -0.4 is 5.32 Å². The molecular formula is C22H31N5O. The lowest BCUT2D eigenvalue weighted by Crippen LogP contribution is -2.48. The number of benzene rings is 1. The van der Waals surface area contributed by atoms with Gasteiger partial charge in [-0.3, -0.25) is 14.8 Å². The molecule has 2 fully saturated rings. The lowest BCUT2D eigenvalue weighted by molar-refractivity contribution is -0.126. The molecule has 0 aliphatic carbocycles. The van der Waals surface area contributed by atoms with Crippen molar-refractivity contribution in [3.8, 4) is 0 Å². The second-order valence-electron chi connectivity index (χ2n) is 7.84. The Kier molecular flexibility index (Phi) is 6.98. The molecule has 0 unspecified atom stereocenters. The summed E-state index contributed by atoms with van der Waals surface area (Å²) < 4.78 is 0. The molecule has 1 spiro atoms. The molecule has 1 aromatic carbocycles. The van der Waals surface area contributed by atoms with Crippen LogP contribution in [0, 0.1) is 5.41 Å². The monoisotopic (exact) mass is 381 g/mol. The zero-order valence-corrected chi connectivity index (χ0v) is 16.8. The molecule has 6 heteroatoms. The molecule has 2 aliphatic rings. The molecule has 0 radical (unpaired) electrons. The van der Waals surface area contributed by atoms with Crippen molar-refractivity contribution in [2.24, 2.45) is 15.4 Å². The van der Waals surface area contributed by atoms with Crippen LogP contribution in [-0.4, -0.2) is 68.0 Å². The van der Waals surface area contributed by atoms with E-state index in [-0.39, 0.29) is 5.91 Å². The van der Waals surface area contributed by atoms with Gasteiger partial charge in [-0.25, -0.2) is 0 Å². The molecule has 1 N–H and O–H groups in total. The first-order chi connectivity index (χ1) is 13.6. The van der Waals surface area contributed by atoms with Crippen molar-refractivity contribution in [2.45, 2.75) is 25.7 Å². The van der Waals surface area contributed by atoms with Gasteiger partial charge >= 0.3 is 0 Å².